The largest absolute Gasteiger partial charge is 0.211 e. The van der Waals surface area contributed by atoms with Crippen LogP contribution in [0.15, 0.2) is 48.5 Å². The molecule has 1 heterocycles. The van der Waals surface area contributed by atoms with Crippen LogP contribution < -0.4 is 4.98 Å². The van der Waals surface area contributed by atoms with E-state index >= 15 is 0 Å². The molecule has 0 atom stereocenters. The molecule has 112 valence electrons. The standard InChI is InChI=1S/C19H17Cl2N/c1-2-3-4-14-11-19(13-5-7-15(20)8-6-13)22-18-10-9-16(21)12-17(14)18/h5-12H,2-4H2,1H3/p+1. The van der Waals surface area contributed by atoms with Crippen LogP contribution in [0.1, 0.15) is 25.3 Å². The number of aromatic amines is 1. The number of aromatic nitrogens is 1. The number of halogens is 2. The molecule has 0 aliphatic heterocycles. The first-order valence-corrected chi connectivity index (χ1v) is 8.33. The molecule has 1 aromatic heterocycles. The van der Waals surface area contributed by atoms with Gasteiger partial charge in [-0.1, -0.05) is 36.5 Å². The van der Waals surface area contributed by atoms with Gasteiger partial charge in [-0.3, -0.25) is 0 Å². The number of rotatable bonds is 4. The van der Waals surface area contributed by atoms with Crippen molar-refractivity contribution in [3.8, 4) is 11.3 Å². The zero-order valence-corrected chi connectivity index (χ0v) is 14.0. The van der Waals surface area contributed by atoms with Gasteiger partial charge in [0.25, 0.3) is 0 Å². The van der Waals surface area contributed by atoms with Crippen molar-refractivity contribution in [2.45, 2.75) is 26.2 Å². The van der Waals surface area contributed by atoms with Crippen LogP contribution >= 0.6 is 23.2 Å². The van der Waals surface area contributed by atoms with Crippen LogP contribution in [-0.4, -0.2) is 0 Å². The Bertz CT molecular complexity index is 794. The number of nitrogens with one attached hydrogen (secondary N) is 1. The van der Waals surface area contributed by atoms with Crippen molar-refractivity contribution in [2.75, 3.05) is 0 Å². The minimum Gasteiger partial charge on any atom is -0.204 e. The topological polar surface area (TPSA) is 14.1 Å². The fourth-order valence-electron chi connectivity index (χ4n) is 2.68. The van der Waals surface area contributed by atoms with Crippen LogP contribution in [0.4, 0.5) is 0 Å². The Morgan fingerprint density at radius 2 is 1.64 bits per heavy atom. The van der Waals surface area contributed by atoms with Crippen LogP contribution in [0.2, 0.25) is 10.0 Å². The zero-order valence-electron chi connectivity index (χ0n) is 12.5. The summed E-state index contributed by atoms with van der Waals surface area (Å²) in [4.78, 5) is 3.50. The van der Waals surface area contributed by atoms with E-state index in [4.69, 9.17) is 23.2 Å². The highest BCUT2D eigenvalue weighted by Gasteiger charge is 2.13. The molecule has 0 saturated heterocycles. The molecule has 2 aromatic carbocycles. The first-order chi connectivity index (χ1) is 10.7. The Kier molecular flexibility index (Phi) is 4.66. The Labute approximate surface area is 140 Å². The number of fused-ring (bicyclic) bond motifs is 1. The average Bonchev–Trinajstić information content (AvgIpc) is 2.53. The SMILES string of the molecule is CCCCc1cc(-c2ccc(Cl)cc2)[nH+]c2ccc(Cl)cc12. The third kappa shape index (κ3) is 3.26. The van der Waals surface area contributed by atoms with E-state index in [1.54, 1.807) is 0 Å². The van der Waals surface area contributed by atoms with E-state index in [-0.39, 0.29) is 0 Å². The fourth-order valence-corrected chi connectivity index (χ4v) is 2.98. The van der Waals surface area contributed by atoms with Gasteiger partial charge in [0, 0.05) is 27.7 Å². The van der Waals surface area contributed by atoms with Crippen LogP contribution in [0, 0.1) is 0 Å². The highest BCUT2D eigenvalue weighted by atomic mass is 35.5. The van der Waals surface area contributed by atoms with Gasteiger partial charge in [-0.05, 0) is 54.8 Å². The van der Waals surface area contributed by atoms with Crippen LogP contribution in [-0.2, 0) is 6.42 Å². The summed E-state index contributed by atoms with van der Waals surface area (Å²) in [6.45, 7) is 2.21. The third-order valence-electron chi connectivity index (χ3n) is 3.87. The van der Waals surface area contributed by atoms with Gasteiger partial charge in [0.15, 0.2) is 0 Å². The predicted molar refractivity (Wildman–Crippen MR) is 94.6 cm³/mol. The van der Waals surface area contributed by atoms with Gasteiger partial charge < -0.3 is 0 Å². The molecule has 0 bridgehead atoms. The smallest absolute Gasteiger partial charge is 0.204 e. The Hall–Kier alpha value is -1.57. The minimum atomic E-state index is 0.752. The predicted octanol–water partition coefficient (Wildman–Crippen LogP) is 5.97. The van der Waals surface area contributed by atoms with Crippen molar-refractivity contribution >= 4 is 34.1 Å². The van der Waals surface area contributed by atoms with Gasteiger partial charge >= 0.3 is 0 Å². The molecule has 1 nitrogen and oxygen atoms in total. The number of hydrogen-bond donors (Lipinski definition) is 0. The molecule has 1 N–H and O–H groups in total. The summed E-state index contributed by atoms with van der Waals surface area (Å²) in [5, 5.41) is 2.74. The van der Waals surface area contributed by atoms with E-state index in [0.717, 1.165) is 33.2 Å². The maximum atomic E-state index is 6.17. The highest BCUT2D eigenvalue weighted by Crippen LogP contribution is 2.26. The minimum absolute atomic E-state index is 0.752. The summed E-state index contributed by atoms with van der Waals surface area (Å²) in [6, 6.07) is 16.2. The van der Waals surface area contributed by atoms with Gasteiger partial charge in [-0.15, -0.1) is 0 Å². The Morgan fingerprint density at radius 1 is 0.909 bits per heavy atom. The van der Waals surface area contributed by atoms with Crippen molar-refractivity contribution in [1.82, 2.24) is 0 Å². The molecular weight excluding hydrogens is 313 g/mol. The Morgan fingerprint density at radius 3 is 2.36 bits per heavy atom. The van der Waals surface area contributed by atoms with E-state index in [1.165, 1.54) is 23.8 Å². The molecular formula is C19H18Cl2N+. The summed E-state index contributed by atoms with van der Waals surface area (Å²) in [5.41, 5.74) is 4.70. The summed E-state index contributed by atoms with van der Waals surface area (Å²) in [5.74, 6) is 0. The summed E-state index contributed by atoms with van der Waals surface area (Å²) in [7, 11) is 0. The van der Waals surface area contributed by atoms with E-state index in [0.29, 0.717) is 0 Å². The number of pyridine rings is 1. The van der Waals surface area contributed by atoms with Gasteiger partial charge in [-0.2, -0.15) is 0 Å². The van der Waals surface area contributed by atoms with E-state index < -0.39 is 0 Å². The van der Waals surface area contributed by atoms with Crippen LogP contribution in [0.25, 0.3) is 22.2 Å². The molecule has 0 aliphatic carbocycles. The number of benzene rings is 2. The molecule has 3 rings (SSSR count). The lowest BCUT2D eigenvalue weighted by atomic mass is 10.0. The first-order valence-electron chi connectivity index (χ1n) is 7.58. The number of aryl methyl sites for hydroxylation is 1. The lowest BCUT2D eigenvalue weighted by molar-refractivity contribution is -0.331. The van der Waals surface area contributed by atoms with Crippen molar-refractivity contribution in [3.63, 3.8) is 0 Å². The number of hydrogen-bond acceptors (Lipinski definition) is 0. The third-order valence-corrected chi connectivity index (χ3v) is 4.36. The van der Waals surface area contributed by atoms with E-state index in [2.05, 4.69) is 18.0 Å². The van der Waals surface area contributed by atoms with E-state index in [1.807, 2.05) is 42.5 Å². The summed E-state index contributed by atoms with van der Waals surface area (Å²) >= 11 is 12.2. The summed E-state index contributed by atoms with van der Waals surface area (Å²) < 4.78 is 0. The molecule has 22 heavy (non-hydrogen) atoms. The zero-order chi connectivity index (χ0) is 15.5. The maximum Gasteiger partial charge on any atom is 0.211 e. The number of H-pyrrole nitrogens is 1. The molecule has 3 heteroatoms. The first kappa shape index (κ1) is 15.3. The average molecular weight is 331 g/mol. The second-order valence-corrected chi connectivity index (χ2v) is 6.38. The molecule has 0 radical (unpaired) electrons. The molecule has 0 aliphatic rings. The van der Waals surface area contributed by atoms with Gasteiger partial charge in [0.2, 0.25) is 11.2 Å². The molecule has 0 saturated carbocycles. The Balaban J connectivity index is 2.15. The monoisotopic (exact) mass is 330 g/mol. The van der Waals surface area contributed by atoms with Crippen molar-refractivity contribution in [2.24, 2.45) is 0 Å². The molecule has 0 spiro atoms. The van der Waals surface area contributed by atoms with Crippen molar-refractivity contribution in [1.29, 1.82) is 0 Å². The van der Waals surface area contributed by atoms with Crippen LogP contribution in [0.3, 0.4) is 0 Å². The molecule has 0 fully saturated rings. The summed E-state index contributed by atoms with van der Waals surface area (Å²) in [6.07, 6.45) is 3.41. The van der Waals surface area contributed by atoms with Crippen molar-refractivity contribution in [3.05, 3.63) is 64.1 Å². The quantitative estimate of drug-likeness (QED) is 0.559. The lowest BCUT2D eigenvalue weighted by Crippen LogP contribution is -2.10. The highest BCUT2D eigenvalue weighted by molar-refractivity contribution is 6.31. The van der Waals surface area contributed by atoms with Crippen LogP contribution in [0.5, 0.6) is 0 Å². The lowest BCUT2D eigenvalue weighted by Gasteiger charge is -2.06. The van der Waals surface area contributed by atoms with Gasteiger partial charge in [0.05, 0.1) is 5.39 Å². The second-order valence-electron chi connectivity index (χ2n) is 5.51. The molecule has 0 amide bonds. The second kappa shape index (κ2) is 6.68. The van der Waals surface area contributed by atoms with E-state index in [9.17, 15) is 0 Å². The normalized spacial score (nSPS) is 11.0. The van der Waals surface area contributed by atoms with Crippen molar-refractivity contribution < 1.29 is 4.98 Å². The maximum absolute atomic E-state index is 6.17. The van der Waals surface area contributed by atoms with Gasteiger partial charge in [0.1, 0.15) is 0 Å². The fraction of sp³-hybridized carbons (Fsp3) is 0.211. The van der Waals surface area contributed by atoms with Gasteiger partial charge in [-0.25, -0.2) is 4.98 Å². The number of unbranched alkanes of at least 4 members (excludes halogenated alkanes) is 1. The molecule has 0 unspecified atom stereocenters. The molecule has 3 aromatic rings.